The molecule has 0 aromatic heterocycles. The number of hydrogen-bond acceptors (Lipinski definition) is 3. The van der Waals surface area contributed by atoms with Crippen LogP contribution >= 0.6 is 15.9 Å². The van der Waals surface area contributed by atoms with Crippen LogP contribution in [0.25, 0.3) is 0 Å². The second kappa shape index (κ2) is 5.96. The average Bonchev–Trinajstić information content (AvgIpc) is 2.43. The molecule has 1 amide bonds. The van der Waals surface area contributed by atoms with Crippen molar-refractivity contribution in [2.24, 2.45) is 0 Å². The predicted octanol–water partition coefficient (Wildman–Crippen LogP) is 3.89. The summed E-state index contributed by atoms with van der Waals surface area (Å²) >= 11 is 3.08. The first-order chi connectivity index (χ1) is 9.88. The number of carbonyl (C=O) groups is 1. The number of halogens is 3. The summed E-state index contributed by atoms with van der Waals surface area (Å²) in [4.78, 5) is 22.1. The van der Waals surface area contributed by atoms with E-state index in [1.807, 2.05) is 0 Å². The van der Waals surface area contributed by atoms with Gasteiger partial charge in [0, 0.05) is 22.7 Å². The Hall–Kier alpha value is -2.35. The fourth-order valence-electron chi connectivity index (χ4n) is 1.58. The van der Waals surface area contributed by atoms with Crippen LogP contribution in [0.2, 0.25) is 0 Å². The second-order valence-corrected chi connectivity index (χ2v) is 4.85. The predicted molar refractivity (Wildman–Crippen MR) is 75.1 cm³/mol. The lowest BCUT2D eigenvalue weighted by Gasteiger charge is -2.08. The molecule has 21 heavy (non-hydrogen) atoms. The highest BCUT2D eigenvalue weighted by molar-refractivity contribution is 9.10. The van der Waals surface area contributed by atoms with Gasteiger partial charge >= 0.3 is 0 Å². The van der Waals surface area contributed by atoms with Crippen LogP contribution in [0, 0.1) is 21.7 Å². The number of benzene rings is 2. The highest BCUT2D eigenvalue weighted by Crippen LogP contribution is 2.24. The molecule has 0 heterocycles. The number of rotatable bonds is 3. The van der Waals surface area contributed by atoms with E-state index in [-0.39, 0.29) is 16.9 Å². The summed E-state index contributed by atoms with van der Waals surface area (Å²) in [7, 11) is 0. The minimum Gasteiger partial charge on any atom is -0.319 e. The zero-order valence-corrected chi connectivity index (χ0v) is 11.9. The first-order valence-electron chi connectivity index (χ1n) is 5.59. The zero-order chi connectivity index (χ0) is 15.6. The summed E-state index contributed by atoms with van der Waals surface area (Å²) in [5.74, 6) is -2.33. The van der Waals surface area contributed by atoms with Crippen LogP contribution in [0.15, 0.2) is 40.9 Å². The molecule has 0 radical (unpaired) electrons. The van der Waals surface area contributed by atoms with Crippen molar-refractivity contribution < 1.29 is 18.5 Å². The lowest BCUT2D eigenvalue weighted by Crippen LogP contribution is -2.14. The molecule has 0 spiro atoms. The van der Waals surface area contributed by atoms with Crippen LogP contribution in [-0.4, -0.2) is 10.8 Å². The van der Waals surface area contributed by atoms with Crippen molar-refractivity contribution in [3.63, 3.8) is 0 Å². The standard InChI is InChI=1S/C13H7BrF2N2O3/c14-10-3-2-8(18(20)21)6-9(10)13(19)17-12-5-7(15)1-4-11(12)16/h1-6H,(H,17,19). The Morgan fingerprint density at radius 1 is 1.19 bits per heavy atom. The number of amides is 1. The van der Waals surface area contributed by atoms with Gasteiger partial charge in [-0.05, 0) is 34.1 Å². The van der Waals surface area contributed by atoms with E-state index in [2.05, 4.69) is 21.2 Å². The van der Waals surface area contributed by atoms with Crippen molar-refractivity contribution in [1.82, 2.24) is 0 Å². The molecule has 1 N–H and O–H groups in total. The summed E-state index contributed by atoms with van der Waals surface area (Å²) < 4.78 is 26.8. The smallest absolute Gasteiger partial charge is 0.270 e. The van der Waals surface area contributed by atoms with Gasteiger partial charge in [-0.3, -0.25) is 14.9 Å². The number of nitro groups is 1. The highest BCUT2D eigenvalue weighted by Gasteiger charge is 2.17. The van der Waals surface area contributed by atoms with Gasteiger partial charge in [-0.1, -0.05) is 0 Å². The van der Waals surface area contributed by atoms with Gasteiger partial charge in [-0.2, -0.15) is 0 Å². The Morgan fingerprint density at radius 3 is 2.57 bits per heavy atom. The normalized spacial score (nSPS) is 10.2. The molecule has 0 atom stereocenters. The third-order valence-electron chi connectivity index (χ3n) is 2.58. The van der Waals surface area contributed by atoms with Gasteiger partial charge in [0.2, 0.25) is 0 Å². The minimum absolute atomic E-state index is 0.0622. The molecule has 0 saturated carbocycles. The average molecular weight is 357 g/mol. The molecule has 0 aliphatic carbocycles. The van der Waals surface area contributed by atoms with E-state index in [4.69, 9.17) is 0 Å². The van der Waals surface area contributed by atoms with Crippen molar-refractivity contribution in [2.75, 3.05) is 5.32 Å². The third kappa shape index (κ3) is 3.40. The lowest BCUT2D eigenvalue weighted by atomic mass is 10.2. The quantitative estimate of drug-likeness (QED) is 0.669. The Kier molecular flexibility index (Phi) is 4.27. The highest BCUT2D eigenvalue weighted by atomic mass is 79.9. The number of hydrogen-bond donors (Lipinski definition) is 1. The molecule has 0 fully saturated rings. The maximum atomic E-state index is 13.5. The van der Waals surface area contributed by atoms with Gasteiger partial charge in [0.25, 0.3) is 11.6 Å². The summed E-state index contributed by atoms with van der Waals surface area (Å²) in [5.41, 5.74) is -0.700. The van der Waals surface area contributed by atoms with Gasteiger partial charge < -0.3 is 5.32 Å². The van der Waals surface area contributed by atoms with Crippen molar-refractivity contribution in [2.45, 2.75) is 0 Å². The third-order valence-corrected chi connectivity index (χ3v) is 3.27. The number of nitro benzene ring substituents is 1. The lowest BCUT2D eigenvalue weighted by molar-refractivity contribution is -0.384. The van der Waals surface area contributed by atoms with Gasteiger partial charge in [0.05, 0.1) is 16.2 Å². The molecule has 0 aliphatic heterocycles. The summed E-state index contributed by atoms with van der Waals surface area (Å²) in [6.45, 7) is 0. The number of nitrogens with one attached hydrogen (secondary N) is 1. The van der Waals surface area contributed by atoms with Crippen LogP contribution in [0.1, 0.15) is 10.4 Å². The van der Waals surface area contributed by atoms with Crippen LogP contribution in [0.5, 0.6) is 0 Å². The van der Waals surface area contributed by atoms with Gasteiger partial charge in [-0.15, -0.1) is 0 Å². The summed E-state index contributed by atoms with van der Waals surface area (Å²) in [6.07, 6.45) is 0. The van der Waals surface area contributed by atoms with Crippen molar-refractivity contribution in [1.29, 1.82) is 0 Å². The molecule has 2 rings (SSSR count). The molecule has 0 unspecified atom stereocenters. The Balaban J connectivity index is 2.34. The molecule has 2 aromatic rings. The van der Waals surface area contributed by atoms with E-state index in [0.717, 1.165) is 24.3 Å². The van der Waals surface area contributed by atoms with E-state index < -0.39 is 22.5 Å². The molecular weight excluding hydrogens is 350 g/mol. The first-order valence-corrected chi connectivity index (χ1v) is 6.38. The number of anilines is 1. The fraction of sp³-hybridized carbons (Fsp3) is 0. The molecule has 2 aromatic carbocycles. The molecule has 0 bridgehead atoms. The number of non-ortho nitro benzene ring substituents is 1. The molecule has 0 saturated heterocycles. The van der Waals surface area contributed by atoms with Gasteiger partial charge in [0.15, 0.2) is 0 Å². The number of carbonyl (C=O) groups excluding carboxylic acids is 1. The maximum Gasteiger partial charge on any atom is 0.270 e. The maximum absolute atomic E-state index is 13.5. The van der Waals surface area contributed by atoms with E-state index in [9.17, 15) is 23.7 Å². The topological polar surface area (TPSA) is 72.2 Å². The van der Waals surface area contributed by atoms with Crippen LogP contribution in [0.3, 0.4) is 0 Å². The van der Waals surface area contributed by atoms with Crippen LogP contribution in [-0.2, 0) is 0 Å². The fourth-order valence-corrected chi connectivity index (χ4v) is 2.01. The molecular formula is C13H7BrF2N2O3. The Labute approximate surface area is 125 Å². The molecule has 108 valence electrons. The van der Waals surface area contributed by atoms with Crippen LogP contribution < -0.4 is 5.32 Å². The summed E-state index contributed by atoms with van der Waals surface area (Å²) in [6, 6.07) is 6.18. The van der Waals surface area contributed by atoms with Crippen LogP contribution in [0.4, 0.5) is 20.2 Å². The van der Waals surface area contributed by atoms with Gasteiger partial charge in [-0.25, -0.2) is 8.78 Å². The summed E-state index contributed by atoms with van der Waals surface area (Å²) in [5, 5.41) is 12.9. The van der Waals surface area contributed by atoms with Crippen molar-refractivity contribution in [3.8, 4) is 0 Å². The Bertz CT molecular complexity index is 737. The largest absolute Gasteiger partial charge is 0.319 e. The molecule has 0 aliphatic rings. The van der Waals surface area contributed by atoms with Crippen molar-refractivity contribution in [3.05, 3.63) is 68.2 Å². The first kappa shape index (κ1) is 15.0. The SMILES string of the molecule is O=C(Nc1cc(F)ccc1F)c1cc([N+](=O)[O-])ccc1Br. The number of nitrogens with zero attached hydrogens (tertiary/aromatic N) is 1. The minimum atomic E-state index is -0.814. The van der Waals surface area contributed by atoms with E-state index in [1.54, 1.807) is 0 Å². The van der Waals surface area contributed by atoms with Gasteiger partial charge in [0.1, 0.15) is 11.6 Å². The zero-order valence-electron chi connectivity index (χ0n) is 10.3. The van der Waals surface area contributed by atoms with Crippen molar-refractivity contribution >= 4 is 33.2 Å². The molecule has 8 heteroatoms. The second-order valence-electron chi connectivity index (χ2n) is 4.00. The van der Waals surface area contributed by atoms with E-state index in [0.29, 0.717) is 4.47 Å². The monoisotopic (exact) mass is 356 g/mol. The molecule has 5 nitrogen and oxygen atoms in total. The van der Waals surface area contributed by atoms with E-state index in [1.165, 1.54) is 12.1 Å². The Morgan fingerprint density at radius 2 is 1.90 bits per heavy atom. The van der Waals surface area contributed by atoms with E-state index >= 15 is 0 Å².